The first-order chi connectivity index (χ1) is 13.8. The quantitative estimate of drug-likeness (QED) is 0.453. The first kappa shape index (κ1) is 19.0. The van der Waals surface area contributed by atoms with E-state index in [1.165, 1.54) is 12.1 Å². The molecule has 0 saturated heterocycles. The van der Waals surface area contributed by atoms with E-state index >= 15 is 0 Å². The Hall–Kier alpha value is -3.33. The number of rotatable bonds is 4. The van der Waals surface area contributed by atoms with E-state index in [9.17, 15) is 18.0 Å². The minimum Gasteiger partial charge on any atom is -0.493 e. The van der Waals surface area contributed by atoms with Gasteiger partial charge in [-0.1, -0.05) is 18.2 Å². The molecule has 0 unspecified atom stereocenters. The molecule has 1 amide bonds. The summed E-state index contributed by atoms with van der Waals surface area (Å²) in [4.78, 5) is 16.6. The minimum absolute atomic E-state index is 0.106. The number of carbonyl (C=O) groups is 1. The lowest BCUT2D eigenvalue weighted by Gasteiger charge is -2.08. The van der Waals surface area contributed by atoms with Gasteiger partial charge in [-0.05, 0) is 30.3 Å². The Bertz CT molecular complexity index is 1200. The number of amides is 1. The first-order valence-corrected chi connectivity index (χ1v) is 9.24. The van der Waals surface area contributed by atoms with Crippen molar-refractivity contribution in [3.8, 4) is 17.2 Å². The van der Waals surface area contributed by atoms with Gasteiger partial charge in [-0.2, -0.15) is 13.2 Å². The van der Waals surface area contributed by atoms with Crippen LogP contribution in [0.25, 0.3) is 22.4 Å². The van der Waals surface area contributed by atoms with Crippen LogP contribution in [0.5, 0.6) is 5.75 Å². The van der Waals surface area contributed by atoms with E-state index in [4.69, 9.17) is 9.15 Å². The number of methoxy groups -OCH3 is 1. The number of carbonyl (C=O) groups excluding carboxylic acids is 1. The number of anilines is 1. The molecule has 2 aromatic carbocycles. The lowest BCUT2D eigenvalue weighted by atomic mass is 10.1. The zero-order chi connectivity index (χ0) is 20.6. The van der Waals surface area contributed by atoms with E-state index in [0.29, 0.717) is 22.8 Å². The smallest absolute Gasteiger partial charge is 0.416 e. The summed E-state index contributed by atoms with van der Waals surface area (Å²) in [7, 11) is 1.54. The van der Waals surface area contributed by atoms with Gasteiger partial charge in [-0.3, -0.25) is 10.1 Å². The molecule has 0 aliphatic carbocycles. The fourth-order valence-corrected chi connectivity index (χ4v) is 3.47. The molecule has 1 N–H and O–H groups in total. The second-order valence-corrected chi connectivity index (χ2v) is 6.92. The third-order valence-corrected chi connectivity index (χ3v) is 4.91. The number of halogens is 3. The van der Waals surface area contributed by atoms with Crippen LogP contribution in [-0.2, 0) is 6.18 Å². The standard InChI is InChI=1S/C20H13F3N2O3S/c1-27-15-7-3-4-11-9-16(28-17(11)15)14-10-29-19(24-14)25-18(26)12-5-2-6-13(8-12)20(21,22)23/h2-10H,1H3,(H,24,25,26). The van der Waals surface area contributed by atoms with Gasteiger partial charge in [0, 0.05) is 16.3 Å². The highest BCUT2D eigenvalue weighted by Crippen LogP contribution is 2.34. The van der Waals surface area contributed by atoms with Crippen molar-refractivity contribution in [2.24, 2.45) is 0 Å². The Morgan fingerprint density at radius 1 is 1.17 bits per heavy atom. The van der Waals surface area contributed by atoms with Crippen molar-refractivity contribution in [2.45, 2.75) is 6.18 Å². The van der Waals surface area contributed by atoms with Crippen LogP contribution in [0.15, 0.2) is 58.3 Å². The highest BCUT2D eigenvalue weighted by atomic mass is 32.1. The summed E-state index contributed by atoms with van der Waals surface area (Å²) in [5.41, 5.74) is 0.0754. The number of para-hydroxylation sites is 1. The van der Waals surface area contributed by atoms with Gasteiger partial charge in [0.15, 0.2) is 22.2 Å². The van der Waals surface area contributed by atoms with Gasteiger partial charge in [0.2, 0.25) is 0 Å². The highest BCUT2D eigenvalue weighted by Gasteiger charge is 2.31. The predicted molar refractivity (Wildman–Crippen MR) is 103 cm³/mol. The molecule has 9 heteroatoms. The Kier molecular flexibility index (Phi) is 4.75. The number of hydrogen-bond acceptors (Lipinski definition) is 5. The van der Waals surface area contributed by atoms with E-state index in [0.717, 1.165) is 28.9 Å². The number of furan rings is 1. The molecule has 0 aliphatic heterocycles. The number of nitrogens with zero attached hydrogens (tertiary/aromatic N) is 1. The summed E-state index contributed by atoms with van der Waals surface area (Å²) in [5.74, 6) is 0.394. The van der Waals surface area contributed by atoms with Crippen LogP contribution in [0, 0.1) is 0 Å². The number of benzene rings is 2. The SMILES string of the molecule is COc1cccc2cc(-c3csc(NC(=O)c4cccc(C(F)(F)F)c4)n3)oc12. The fraction of sp³-hybridized carbons (Fsp3) is 0.100. The van der Waals surface area contributed by atoms with E-state index in [1.54, 1.807) is 24.6 Å². The highest BCUT2D eigenvalue weighted by molar-refractivity contribution is 7.14. The van der Waals surface area contributed by atoms with Crippen LogP contribution in [0.1, 0.15) is 15.9 Å². The van der Waals surface area contributed by atoms with Crippen molar-refractivity contribution in [1.29, 1.82) is 0 Å². The van der Waals surface area contributed by atoms with Gasteiger partial charge >= 0.3 is 6.18 Å². The molecule has 2 heterocycles. The molecule has 2 aromatic heterocycles. The van der Waals surface area contributed by atoms with Crippen molar-refractivity contribution in [1.82, 2.24) is 4.98 Å². The van der Waals surface area contributed by atoms with Crippen LogP contribution in [0.2, 0.25) is 0 Å². The van der Waals surface area contributed by atoms with E-state index in [1.807, 2.05) is 12.1 Å². The zero-order valence-electron chi connectivity index (χ0n) is 14.9. The van der Waals surface area contributed by atoms with Gasteiger partial charge in [-0.25, -0.2) is 4.98 Å². The van der Waals surface area contributed by atoms with E-state index in [-0.39, 0.29) is 10.7 Å². The minimum atomic E-state index is -4.52. The van der Waals surface area contributed by atoms with Gasteiger partial charge < -0.3 is 9.15 Å². The average molecular weight is 418 g/mol. The molecule has 29 heavy (non-hydrogen) atoms. The van der Waals surface area contributed by atoms with Crippen molar-refractivity contribution < 1.29 is 27.1 Å². The second kappa shape index (κ2) is 7.25. The van der Waals surface area contributed by atoms with Crippen LogP contribution in [0.3, 0.4) is 0 Å². The molecule has 4 aromatic rings. The number of hydrogen-bond donors (Lipinski definition) is 1. The number of ether oxygens (including phenoxy) is 1. The molecule has 0 saturated carbocycles. The summed E-state index contributed by atoms with van der Waals surface area (Å²) in [5, 5.41) is 5.28. The normalized spacial score (nSPS) is 11.6. The van der Waals surface area contributed by atoms with Crippen molar-refractivity contribution in [3.63, 3.8) is 0 Å². The fourth-order valence-electron chi connectivity index (χ4n) is 2.77. The van der Waals surface area contributed by atoms with Crippen LogP contribution in [0.4, 0.5) is 18.3 Å². The number of alkyl halides is 3. The number of fused-ring (bicyclic) bond motifs is 1. The van der Waals surface area contributed by atoms with Crippen LogP contribution in [-0.4, -0.2) is 18.0 Å². The van der Waals surface area contributed by atoms with Gasteiger partial charge in [0.1, 0.15) is 5.69 Å². The largest absolute Gasteiger partial charge is 0.493 e. The summed E-state index contributed by atoms with van der Waals surface area (Å²) < 4.78 is 49.6. The van der Waals surface area contributed by atoms with E-state index in [2.05, 4.69) is 10.3 Å². The average Bonchev–Trinajstić information content (AvgIpc) is 3.33. The maximum absolute atomic E-state index is 12.8. The van der Waals surface area contributed by atoms with Crippen LogP contribution >= 0.6 is 11.3 Å². The Morgan fingerprint density at radius 3 is 2.72 bits per heavy atom. The molecule has 0 aliphatic rings. The van der Waals surface area contributed by atoms with Crippen molar-refractivity contribution >= 4 is 33.3 Å². The molecule has 0 bridgehead atoms. The topological polar surface area (TPSA) is 64.4 Å². The van der Waals surface area contributed by atoms with Gasteiger partial charge in [-0.15, -0.1) is 11.3 Å². The number of aromatic nitrogens is 1. The monoisotopic (exact) mass is 418 g/mol. The van der Waals surface area contributed by atoms with Gasteiger partial charge in [0.25, 0.3) is 5.91 Å². The van der Waals surface area contributed by atoms with E-state index < -0.39 is 17.6 Å². The first-order valence-electron chi connectivity index (χ1n) is 8.36. The third kappa shape index (κ3) is 3.81. The maximum Gasteiger partial charge on any atom is 0.416 e. The summed E-state index contributed by atoms with van der Waals surface area (Å²) in [6.45, 7) is 0. The van der Waals surface area contributed by atoms with Crippen molar-refractivity contribution in [3.05, 3.63) is 65.0 Å². The lowest BCUT2D eigenvalue weighted by molar-refractivity contribution is -0.137. The summed E-state index contributed by atoms with van der Waals surface area (Å²) >= 11 is 1.14. The molecule has 4 rings (SSSR count). The molecule has 0 radical (unpaired) electrons. The Labute approximate surface area is 166 Å². The Morgan fingerprint density at radius 2 is 1.97 bits per heavy atom. The third-order valence-electron chi connectivity index (χ3n) is 4.16. The molecule has 0 spiro atoms. The van der Waals surface area contributed by atoms with Crippen molar-refractivity contribution in [2.75, 3.05) is 12.4 Å². The maximum atomic E-state index is 12.8. The molecule has 0 atom stereocenters. The number of nitrogens with one attached hydrogen (secondary N) is 1. The van der Waals surface area contributed by atoms with Gasteiger partial charge in [0.05, 0.1) is 12.7 Å². The molecular formula is C20H13F3N2O3S. The summed E-state index contributed by atoms with van der Waals surface area (Å²) in [6, 6.07) is 11.5. The lowest BCUT2D eigenvalue weighted by Crippen LogP contribution is -2.13. The second-order valence-electron chi connectivity index (χ2n) is 6.06. The number of thiazole rings is 1. The summed E-state index contributed by atoms with van der Waals surface area (Å²) in [6.07, 6.45) is -4.52. The molecule has 148 valence electrons. The van der Waals surface area contributed by atoms with Crippen LogP contribution < -0.4 is 10.1 Å². The Balaban J connectivity index is 1.56. The molecule has 5 nitrogen and oxygen atoms in total. The molecular weight excluding hydrogens is 405 g/mol. The predicted octanol–water partition coefficient (Wildman–Crippen LogP) is 5.84. The zero-order valence-corrected chi connectivity index (χ0v) is 15.7. The molecule has 0 fully saturated rings.